The van der Waals surface area contributed by atoms with E-state index in [4.69, 9.17) is 4.74 Å². The molecule has 3 radical (unpaired) electrons. The summed E-state index contributed by atoms with van der Waals surface area (Å²) in [5.74, 6) is 0. The third kappa shape index (κ3) is 14.5. The van der Waals surface area contributed by atoms with Gasteiger partial charge in [0, 0.05) is 21.6 Å². The van der Waals surface area contributed by atoms with Crippen LogP contribution in [0.5, 0.6) is 0 Å². The van der Waals surface area contributed by atoms with Crippen molar-refractivity contribution < 1.29 is 4.74 Å². The fourth-order valence-corrected chi connectivity index (χ4v) is 1.36. The van der Waals surface area contributed by atoms with Gasteiger partial charge in [-0.15, -0.1) is 0 Å². The maximum Gasteiger partial charge on any atom is 0.0466 e. The highest BCUT2D eigenvalue weighted by atomic mass is 16.5. The van der Waals surface area contributed by atoms with Crippen molar-refractivity contribution in [2.75, 3.05) is 13.2 Å². The Labute approximate surface area is 92.2 Å². The third-order valence-corrected chi connectivity index (χ3v) is 2.28. The lowest BCUT2D eigenvalue weighted by molar-refractivity contribution is 0.126. The first-order chi connectivity index (χ1) is 6.41. The molecule has 0 amide bonds. The Balaban J connectivity index is 0. The van der Waals surface area contributed by atoms with Crippen LogP contribution in [0.3, 0.4) is 0 Å². The molecule has 0 bridgehead atoms. The third-order valence-electron chi connectivity index (χ3n) is 2.28. The first kappa shape index (κ1) is 16.5. The second kappa shape index (κ2) is 15.5. The van der Waals surface area contributed by atoms with Crippen LogP contribution in [0.15, 0.2) is 0 Å². The zero-order valence-electron chi connectivity index (χ0n) is 10.1. The SMILES string of the molecule is CCCCCCOCCCCCC.[B]. The molecule has 0 rings (SSSR count). The average molecular weight is 197 g/mol. The highest BCUT2D eigenvalue weighted by molar-refractivity contribution is 5.75. The molecule has 0 aliphatic heterocycles. The van der Waals surface area contributed by atoms with Gasteiger partial charge in [0.1, 0.15) is 0 Å². The highest BCUT2D eigenvalue weighted by Crippen LogP contribution is 2.01. The van der Waals surface area contributed by atoms with Gasteiger partial charge in [0.15, 0.2) is 0 Å². The van der Waals surface area contributed by atoms with Crippen molar-refractivity contribution >= 4 is 8.41 Å². The average Bonchev–Trinajstić information content (AvgIpc) is 2.16. The molecular weight excluding hydrogens is 171 g/mol. The maximum atomic E-state index is 5.53. The predicted molar refractivity (Wildman–Crippen MR) is 64.9 cm³/mol. The minimum absolute atomic E-state index is 0. The van der Waals surface area contributed by atoms with Gasteiger partial charge in [-0.3, -0.25) is 0 Å². The second-order valence-electron chi connectivity index (χ2n) is 3.73. The summed E-state index contributed by atoms with van der Waals surface area (Å²) in [6.07, 6.45) is 10.5. The van der Waals surface area contributed by atoms with Crippen LogP contribution in [-0.4, -0.2) is 21.6 Å². The van der Waals surface area contributed by atoms with Gasteiger partial charge < -0.3 is 4.74 Å². The number of unbranched alkanes of at least 4 members (excludes halogenated alkanes) is 6. The van der Waals surface area contributed by atoms with Crippen molar-refractivity contribution in [1.82, 2.24) is 0 Å². The summed E-state index contributed by atoms with van der Waals surface area (Å²) in [5.41, 5.74) is 0. The Morgan fingerprint density at radius 1 is 0.643 bits per heavy atom. The van der Waals surface area contributed by atoms with E-state index in [1.807, 2.05) is 0 Å². The molecule has 0 atom stereocenters. The lowest BCUT2D eigenvalue weighted by atomic mass is 10.2. The molecule has 0 aromatic rings. The van der Waals surface area contributed by atoms with E-state index in [1.165, 1.54) is 51.4 Å². The van der Waals surface area contributed by atoms with Crippen molar-refractivity contribution in [2.24, 2.45) is 0 Å². The molecule has 0 aromatic carbocycles. The van der Waals surface area contributed by atoms with Crippen LogP contribution in [0.1, 0.15) is 65.2 Å². The topological polar surface area (TPSA) is 9.23 Å². The standard InChI is InChI=1S/C12H26O.B/c1-3-5-7-9-11-13-12-10-8-6-4-2;/h3-12H2,1-2H3;. The molecule has 0 heterocycles. The van der Waals surface area contributed by atoms with Crippen LogP contribution in [0.25, 0.3) is 0 Å². The Kier molecular flexibility index (Phi) is 18.2. The highest BCUT2D eigenvalue weighted by Gasteiger charge is 1.90. The Morgan fingerprint density at radius 2 is 1.07 bits per heavy atom. The summed E-state index contributed by atoms with van der Waals surface area (Å²) in [5, 5.41) is 0. The van der Waals surface area contributed by atoms with Gasteiger partial charge in [-0.1, -0.05) is 52.4 Å². The minimum Gasteiger partial charge on any atom is -0.381 e. The second-order valence-corrected chi connectivity index (χ2v) is 3.73. The monoisotopic (exact) mass is 197 g/mol. The summed E-state index contributed by atoms with van der Waals surface area (Å²) >= 11 is 0. The van der Waals surface area contributed by atoms with Gasteiger partial charge >= 0.3 is 0 Å². The van der Waals surface area contributed by atoms with Crippen LogP contribution in [0.4, 0.5) is 0 Å². The normalized spacial score (nSPS) is 9.86. The molecule has 0 saturated carbocycles. The predicted octanol–water partition coefficient (Wildman–Crippen LogP) is 3.78. The van der Waals surface area contributed by atoms with Gasteiger partial charge in [0.2, 0.25) is 0 Å². The number of hydrogen-bond acceptors (Lipinski definition) is 1. The summed E-state index contributed by atoms with van der Waals surface area (Å²) in [6, 6.07) is 0. The molecule has 0 aliphatic rings. The molecule has 2 heteroatoms. The van der Waals surface area contributed by atoms with Crippen molar-refractivity contribution in [3.8, 4) is 0 Å². The molecule has 0 unspecified atom stereocenters. The molecule has 83 valence electrons. The van der Waals surface area contributed by atoms with Crippen LogP contribution in [-0.2, 0) is 4.74 Å². The smallest absolute Gasteiger partial charge is 0.0466 e. The van der Waals surface area contributed by atoms with E-state index in [0.29, 0.717) is 0 Å². The molecule has 0 N–H and O–H groups in total. The van der Waals surface area contributed by atoms with E-state index < -0.39 is 0 Å². The van der Waals surface area contributed by atoms with E-state index in [2.05, 4.69) is 13.8 Å². The summed E-state index contributed by atoms with van der Waals surface area (Å²) in [6.45, 7) is 6.44. The van der Waals surface area contributed by atoms with Crippen molar-refractivity contribution in [1.29, 1.82) is 0 Å². The van der Waals surface area contributed by atoms with E-state index >= 15 is 0 Å². The number of hydrogen-bond donors (Lipinski definition) is 0. The van der Waals surface area contributed by atoms with E-state index in [-0.39, 0.29) is 8.41 Å². The first-order valence-electron chi connectivity index (χ1n) is 5.99. The molecule has 0 fully saturated rings. The molecule has 14 heavy (non-hydrogen) atoms. The van der Waals surface area contributed by atoms with Gasteiger partial charge in [-0.25, -0.2) is 0 Å². The number of ether oxygens (including phenoxy) is 1. The summed E-state index contributed by atoms with van der Waals surface area (Å²) < 4.78 is 5.53. The lowest BCUT2D eigenvalue weighted by Crippen LogP contribution is -1.96. The molecule has 1 nitrogen and oxygen atoms in total. The van der Waals surface area contributed by atoms with Crippen molar-refractivity contribution in [3.05, 3.63) is 0 Å². The van der Waals surface area contributed by atoms with E-state index in [1.54, 1.807) is 0 Å². The molecule has 0 aromatic heterocycles. The van der Waals surface area contributed by atoms with Crippen LogP contribution in [0, 0.1) is 0 Å². The van der Waals surface area contributed by atoms with E-state index in [0.717, 1.165) is 13.2 Å². The van der Waals surface area contributed by atoms with E-state index in [9.17, 15) is 0 Å². The maximum absolute atomic E-state index is 5.53. The summed E-state index contributed by atoms with van der Waals surface area (Å²) in [7, 11) is 0. The Morgan fingerprint density at radius 3 is 1.43 bits per heavy atom. The quantitative estimate of drug-likeness (QED) is 0.382. The molecule has 0 saturated heterocycles. The van der Waals surface area contributed by atoms with Crippen LogP contribution >= 0.6 is 0 Å². The van der Waals surface area contributed by atoms with Crippen LogP contribution < -0.4 is 0 Å². The van der Waals surface area contributed by atoms with Gasteiger partial charge in [0.25, 0.3) is 0 Å². The Bertz CT molecular complexity index is 76.4. The molecular formula is C12H26BO. The zero-order chi connectivity index (χ0) is 9.78. The molecule has 0 aliphatic carbocycles. The van der Waals surface area contributed by atoms with Gasteiger partial charge in [0.05, 0.1) is 0 Å². The van der Waals surface area contributed by atoms with Crippen LogP contribution in [0.2, 0.25) is 0 Å². The fraction of sp³-hybridized carbons (Fsp3) is 1.00. The number of rotatable bonds is 10. The van der Waals surface area contributed by atoms with Crippen molar-refractivity contribution in [2.45, 2.75) is 65.2 Å². The zero-order valence-corrected chi connectivity index (χ0v) is 10.1. The largest absolute Gasteiger partial charge is 0.381 e. The summed E-state index contributed by atoms with van der Waals surface area (Å²) in [4.78, 5) is 0. The fourth-order valence-electron chi connectivity index (χ4n) is 1.36. The van der Waals surface area contributed by atoms with Gasteiger partial charge in [-0.2, -0.15) is 0 Å². The van der Waals surface area contributed by atoms with Crippen molar-refractivity contribution in [3.63, 3.8) is 0 Å². The first-order valence-corrected chi connectivity index (χ1v) is 5.99. The lowest BCUT2D eigenvalue weighted by Gasteiger charge is -2.03. The Hall–Kier alpha value is 0.0249. The van der Waals surface area contributed by atoms with Gasteiger partial charge in [-0.05, 0) is 12.8 Å². The minimum atomic E-state index is 0. The molecule has 0 spiro atoms.